The molecule has 0 saturated carbocycles. The Labute approximate surface area is 161 Å². The lowest BCUT2D eigenvalue weighted by Gasteiger charge is -2.34. The zero-order valence-electron chi connectivity index (χ0n) is 16.1. The van der Waals surface area contributed by atoms with E-state index in [1.807, 2.05) is 24.3 Å². The number of methoxy groups -OCH3 is 1. The summed E-state index contributed by atoms with van der Waals surface area (Å²) in [6, 6.07) is 15.8. The molecule has 1 saturated heterocycles. The normalized spacial score (nSPS) is 14.7. The topological polar surface area (TPSA) is 56.8 Å². The number of carbonyl (C=O) groups is 1. The van der Waals surface area contributed by atoms with Crippen molar-refractivity contribution >= 4 is 23.0 Å². The van der Waals surface area contributed by atoms with Gasteiger partial charge in [0, 0.05) is 50.5 Å². The number of nitrogens with zero attached hydrogens (tertiary/aromatic N) is 2. The number of hydrogen-bond donors (Lipinski definition) is 2. The highest BCUT2D eigenvalue weighted by Gasteiger charge is 2.14. The van der Waals surface area contributed by atoms with Gasteiger partial charge >= 0.3 is 0 Å². The van der Waals surface area contributed by atoms with Gasteiger partial charge in [-0.15, -0.1) is 0 Å². The molecule has 0 atom stereocenters. The number of para-hydroxylation sites is 2. The molecule has 0 radical (unpaired) electrons. The van der Waals surface area contributed by atoms with E-state index in [4.69, 9.17) is 4.74 Å². The third kappa shape index (κ3) is 5.37. The van der Waals surface area contributed by atoms with E-state index in [1.165, 1.54) is 5.69 Å². The highest BCUT2D eigenvalue weighted by atomic mass is 16.5. The van der Waals surface area contributed by atoms with E-state index in [0.717, 1.165) is 31.9 Å². The van der Waals surface area contributed by atoms with Gasteiger partial charge in [0.05, 0.1) is 12.8 Å². The van der Waals surface area contributed by atoms with Crippen LogP contribution in [0.25, 0.3) is 0 Å². The molecule has 2 aromatic carbocycles. The van der Waals surface area contributed by atoms with Gasteiger partial charge in [0.1, 0.15) is 5.75 Å². The lowest BCUT2D eigenvalue weighted by atomic mass is 10.2. The van der Waals surface area contributed by atoms with Crippen molar-refractivity contribution in [3.63, 3.8) is 0 Å². The van der Waals surface area contributed by atoms with Crippen LogP contribution in [-0.2, 0) is 4.79 Å². The average Bonchev–Trinajstić information content (AvgIpc) is 2.69. The fourth-order valence-corrected chi connectivity index (χ4v) is 3.14. The molecule has 1 fully saturated rings. The standard InChI is InChI=1S/C21H28N4O2/c1-24-13-15-25(16-14-24)18-9-7-17(8-10-18)22-12-11-21(26)23-19-5-3-4-6-20(19)27-2/h3-10,22H,11-16H2,1-2H3,(H,23,26). The number of anilines is 3. The number of benzene rings is 2. The van der Waals surface area contributed by atoms with Gasteiger partial charge in [-0.05, 0) is 43.4 Å². The smallest absolute Gasteiger partial charge is 0.226 e. The van der Waals surface area contributed by atoms with E-state index in [-0.39, 0.29) is 5.91 Å². The zero-order valence-corrected chi connectivity index (χ0v) is 16.1. The van der Waals surface area contributed by atoms with Gasteiger partial charge in [0.25, 0.3) is 0 Å². The minimum atomic E-state index is -0.0407. The predicted octanol–water partition coefficient (Wildman–Crippen LogP) is 2.89. The summed E-state index contributed by atoms with van der Waals surface area (Å²) in [6.45, 7) is 4.90. The molecule has 2 aromatic rings. The lowest BCUT2D eigenvalue weighted by Crippen LogP contribution is -2.44. The van der Waals surface area contributed by atoms with E-state index < -0.39 is 0 Å². The van der Waals surface area contributed by atoms with Crippen LogP contribution in [0, 0.1) is 0 Å². The van der Waals surface area contributed by atoms with Gasteiger partial charge in [-0.3, -0.25) is 4.79 Å². The summed E-state index contributed by atoms with van der Waals surface area (Å²) in [5.74, 6) is 0.624. The molecule has 1 heterocycles. The maximum atomic E-state index is 12.1. The summed E-state index contributed by atoms with van der Waals surface area (Å²) in [5, 5.41) is 6.20. The molecule has 2 N–H and O–H groups in total. The Hall–Kier alpha value is -2.73. The van der Waals surface area contributed by atoms with Crippen LogP contribution in [0.3, 0.4) is 0 Å². The van der Waals surface area contributed by atoms with E-state index >= 15 is 0 Å². The van der Waals surface area contributed by atoms with Crippen LogP contribution in [-0.4, -0.2) is 57.7 Å². The second-order valence-electron chi connectivity index (χ2n) is 6.76. The molecular formula is C21H28N4O2. The maximum absolute atomic E-state index is 12.1. The van der Waals surface area contributed by atoms with E-state index in [1.54, 1.807) is 7.11 Å². The summed E-state index contributed by atoms with van der Waals surface area (Å²) in [4.78, 5) is 16.9. The molecule has 0 aliphatic carbocycles. The lowest BCUT2D eigenvalue weighted by molar-refractivity contribution is -0.116. The first-order valence-corrected chi connectivity index (χ1v) is 9.36. The number of carbonyl (C=O) groups excluding carboxylic acids is 1. The minimum Gasteiger partial charge on any atom is -0.495 e. The van der Waals surface area contributed by atoms with Crippen molar-refractivity contribution in [1.29, 1.82) is 0 Å². The highest BCUT2D eigenvalue weighted by molar-refractivity contribution is 5.92. The molecule has 0 unspecified atom stereocenters. The molecular weight excluding hydrogens is 340 g/mol. The number of likely N-dealkylation sites (N-methyl/N-ethyl adjacent to an activating group) is 1. The van der Waals surface area contributed by atoms with E-state index in [2.05, 4.69) is 51.7 Å². The number of amides is 1. The number of piperazine rings is 1. The molecule has 1 amide bonds. The quantitative estimate of drug-likeness (QED) is 0.787. The van der Waals surface area contributed by atoms with Crippen LogP contribution in [0.4, 0.5) is 17.1 Å². The van der Waals surface area contributed by atoms with Crippen LogP contribution in [0.5, 0.6) is 5.75 Å². The van der Waals surface area contributed by atoms with Crippen LogP contribution < -0.4 is 20.3 Å². The van der Waals surface area contributed by atoms with Crippen LogP contribution >= 0.6 is 0 Å². The summed E-state index contributed by atoms with van der Waals surface area (Å²) in [6.07, 6.45) is 0.387. The van der Waals surface area contributed by atoms with Crippen molar-refractivity contribution < 1.29 is 9.53 Å². The monoisotopic (exact) mass is 368 g/mol. The Morgan fingerprint density at radius 3 is 2.44 bits per heavy atom. The molecule has 0 spiro atoms. The molecule has 1 aliphatic rings. The van der Waals surface area contributed by atoms with Crippen LogP contribution in [0.15, 0.2) is 48.5 Å². The largest absolute Gasteiger partial charge is 0.495 e. The first kappa shape index (κ1) is 19.0. The van der Waals surface area contributed by atoms with Gasteiger partial charge < -0.3 is 25.2 Å². The van der Waals surface area contributed by atoms with Gasteiger partial charge in [0.2, 0.25) is 5.91 Å². The molecule has 27 heavy (non-hydrogen) atoms. The highest BCUT2D eigenvalue weighted by Crippen LogP contribution is 2.23. The zero-order chi connectivity index (χ0) is 19.1. The molecule has 144 valence electrons. The van der Waals surface area contributed by atoms with Gasteiger partial charge in [-0.1, -0.05) is 12.1 Å². The van der Waals surface area contributed by atoms with Crippen molar-refractivity contribution in [3.05, 3.63) is 48.5 Å². The number of nitrogens with one attached hydrogen (secondary N) is 2. The van der Waals surface area contributed by atoms with Crippen molar-refractivity contribution in [3.8, 4) is 5.75 Å². The second kappa shape index (κ2) is 9.28. The average molecular weight is 368 g/mol. The third-order valence-electron chi connectivity index (χ3n) is 4.80. The van der Waals surface area contributed by atoms with Crippen LogP contribution in [0.1, 0.15) is 6.42 Å². The van der Waals surface area contributed by atoms with Gasteiger partial charge in [-0.2, -0.15) is 0 Å². The van der Waals surface area contributed by atoms with Crippen molar-refractivity contribution in [1.82, 2.24) is 4.90 Å². The summed E-state index contributed by atoms with van der Waals surface area (Å²) in [5.41, 5.74) is 2.97. The summed E-state index contributed by atoms with van der Waals surface area (Å²) >= 11 is 0. The van der Waals surface area contributed by atoms with Crippen LogP contribution in [0.2, 0.25) is 0 Å². The second-order valence-corrected chi connectivity index (χ2v) is 6.76. The molecule has 0 bridgehead atoms. The first-order valence-electron chi connectivity index (χ1n) is 9.36. The Bertz CT molecular complexity index is 740. The molecule has 6 heteroatoms. The number of hydrogen-bond acceptors (Lipinski definition) is 5. The SMILES string of the molecule is COc1ccccc1NC(=O)CCNc1ccc(N2CCN(C)CC2)cc1. The molecule has 0 aromatic heterocycles. The van der Waals surface area contributed by atoms with Crippen molar-refractivity contribution in [2.75, 3.05) is 62.4 Å². The molecule has 6 nitrogen and oxygen atoms in total. The Balaban J connectivity index is 1.44. The maximum Gasteiger partial charge on any atom is 0.226 e. The fourth-order valence-electron chi connectivity index (χ4n) is 3.14. The Morgan fingerprint density at radius 2 is 1.74 bits per heavy atom. The molecule has 1 aliphatic heterocycles. The summed E-state index contributed by atoms with van der Waals surface area (Å²) < 4.78 is 5.25. The van der Waals surface area contributed by atoms with Gasteiger partial charge in [-0.25, -0.2) is 0 Å². The van der Waals surface area contributed by atoms with E-state index in [0.29, 0.717) is 24.4 Å². The Morgan fingerprint density at radius 1 is 1.04 bits per heavy atom. The first-order chi connectivity index (χ1) is 13.2. The van der Waals surface area contributed by atoms with E-state index in [9.17, 15) is 4.79 Å². The van der Waals surface area contributed by atoms with Gasteiger partial charge in [0.15, 0.2) is 0 Å². The van der Waals surface area contributed by atoms with Crippen molar-refractivity contribution in [2.45, 2.75) is 6.42 Å². The number of ether oxygens (including phenoxy) is 1. The third-order valence-corrected chi connectivity index (χ3v) is 4.80. The number of rotatable bonds is 7. The minimum absolute atomic E-state index is 0.0407. The van der Waals surface area contributed by atoms with Crippen molar-refractivity contribution in [2.24, 2.45) is 0 Å². The predicted molar refractivity (Wildman–Crippen MR) is 111 cm³/mol. The molecule has 3 rings (SSSR count). The fraction of sp³-hybridized carbons (Fsp3) is 0.381. The summed E-state index contributed by atoms with van der Waals surface area (Å²) in [7, 11) is 3.76. The Kier molecular flexibility index (Phi) is 6.54.